The molecule has 0 bridgehead atoms. The molecule has 1 aliphatic carbocycles. The monoisotopic (exact) mass is 291 g/mol. The predicted octanol–water partition coefficient (Wildman–Crippen LogP) is 2.61. The van der Waals surface area contributed by atoms with Crippen LogP contribution in [0.3, 0.4) is 0 Å². The summed E-state index contributed by atoms with van der Waals surface area (Å²) in [5, 5.41) is 0. The van der Waals surface area contributed by atoms with Gasteiger partial charge in [0.25, 0.3) is 0 Å². The van der Waals surface area contributed by atoms with E-state index < -0.39 is 11.5 Å². The van der Waals surface area contributed by atoms with E-state index in [2.05, 4.69) is 0 Å². The van der Waals surface area contributed by atoms with Crippen molar-refractivity contribution >= 4 is 5.97 Å². The lowest BCUT2D eigenvalue weighted by Gasteiger charge is -2.28. The Balaban J connectivity index is 2.02. The molecule has 116 valence electrons. The van der Waals surface area contributed by atoms with Gasteiger partial charge < -0.3 is 15.2 Å². The Labute approximate surface area is 126 Å². The summed E-state index contributed by atoms with van der Waals surface area (Å²) in [4.78, 5) is 12.3. The fourth-order valence-corrected chi connectivity index (χ4v) is 2.82. The Morgan fingerprint density at radius 3 is 2.57 bits per heavy atom. The number of carbonyl (C=O) groups excluding carboxylic acids is 1. The molecule has 4 heteroatoms. The average molecular weight is 291 g/mol. The van der Waals surface area contributed by atoms with Gasteiger partial charge in [0.15, 0.2) is 5.54 Å². The smallest absolute Gasteiger partial charge is 0.333 e. The van der Waals surface area contributed by atoms with Crippen LogP contribution in [0.25, 0.3) is 0 Å². The van der Waals surface area contributed by atoms with Gasteiger partial charge in [-0.3, -0.25) is 0 Å². The summed E-state index contributed by atoms with van der Waals surface area (Å²) < 4.78 is 10.9. The van der Waals surface area contributed by atoms with E-state index >= 15 is 0 Å². The van der Waals surface area contributed by atoms with Crippen LogP contribution in [-0.2, 0) is 19.8 Å². The summed E-state index contributed by atoms with van der Waals surface area (Å²) in [6.07, 6.45) is 4.97. The minimum atomic E-state index is -1.23. The van der Waals surface area contributed by atoms with Crippen LogP contribution in [0.4, 0.5) is 0 Å². The van der Waals surface area contributed by atoms with E-state index in [4.69, 9.17) is 15.2 Å². The number of benzene rings is 1. The quantitative estimate of drug-likeness (QED) is 0.784. The van der Waals surface area contributed by atoms with Gasteiger partial charge in [-0.25, -0.2) is 4.79 Å². The van der Waals surface area contributed by atoms with Gasteiger partial charge in [0.05, 0.1) is 13.2 Å². The fourth-order valence-electron chi connectivity index (χ4n) is 2.82. The molecule has 1 saturated carbocycles. The van der Waals surface area contributed by atoms with Crippen LogP contribution < -0.4 is 5.73 Å². The van der Waals surface area contributed by atoms with Crippen LogP contribution in [0.2, 0.25) is 0 Å². The number of nitrogens with two attached hydrogens (primary N) is 1. The van der Waals surface area contributed by atoms with Gasteiger partial charge in [-0.15, -0.1) is 0 Å². The van der Waals surface area contributed by atoms with Gasteiger partial charge in [-0.1, -0.05) is 43.2 Å². The summed E-state index contributed by atoms with van der Waals surface area (Å²) in [5.74, 6) is 0.176. The first kappa shape index (κ1) is 16.0. The Hall–Kier alpha value is -1.39. The van der Waals surface area contributed by atoms with E-state index in [0.29, 0.717) is 19.1 Å². The van der Waals surface area contributed by atoms with Gasteiger partial charge >= 0.3 is 5.97 Å². The highest BCUT2D eigenvalue weighted by atomic mass is 16.5. The maximum atomic E-state index is 12.3. The standard InChI is InChI=1S/C17H25NO3/c1-2-21-16(19)17(18,15-10-4-3-5-11-15)13-20-12-14-8-6-7-9-14/h3-5,10-11,14H,2,6-9,12-13,18H2,1H3. The highest BCUT2D eigenvalue weighted by Gasteiger charge is 2.38. The van der Waals surface area contributed by atoms with Crippen LogP contribution >= 0.6 is 0 Å². The van der Waals surface area contributed by atoms with Gasteiger partial charge in [-0.2, -0.15) is 0 Å². The molecule has 2 N–H and O–H groups in total. The van der Waals surface area contributed by atoms with Crippen molar-refractivity contribution in [3.63, 3.8) is 0 Å². The van der Waals surface area contributed by atoms with Crippen molar-refractivity contribution < 1.29 is 14.3 Å². The maximum Gasteiger partial charge on any atom is 0.333 e. The zero-order valence-electron chi connectivity index (χ0n) is 12.7. The third-order valence-corrected chi connectivity index (χ3v) is 4.09. The van der Waals surface area contributed by atoms with E-state index in [9.17, 15) is 4.79 Å². The van der Waals surface area contributed by atoms with Gasteiger partial charge in [0.2, 0.25) is 0 Å². The molecular weight excluding hydrogens is 266 g/mol. The molecule has 0 aromatic heterocycles. The maximum absolute atomic E-state index is 12.3. The lowest BCUT2D eigenvalue weighted by atomic mass is 9.92. The second-order valence-electron chi connectivity index (χ2n) is 5.72. The molecule has 1 aromatic rings. The van der Waals surface area contributed by atoms with Crippen LogP contribution in [0, 0.1) is 5.92 Å². The summed E-state index contributed by atoms with van der Waals surface area (Å²) in [6.45, 7) is 2.92. The molecule has 0 saturated heterocycles. The van der Waals surface area contributed by atoms with Crippen molar-refractivity contribution in [1.29, 1.82) is 0 Å². The van der Waals surface area contributed by atoms with E-state index in [1.165, 1.54) is 25.7 Å². The number of esters is 1. The minimum absolute atomic E-state index is 0.159. The summed E-state index contributed by atoms with van der Waals surface area (Å²) in [7, 11) is 0. The van der Waals surface area contributed by atoms with Crippen molar-refractivity contribution in [1.82, 2.24) is 0 Å². The topological polar surface area (TPSA) is 61.5 Å². The zero-order valence-corrected chi connectivity index (χ0v) is 12.7. The number of hydrogen-bond acceptors (Lipinski definition) is 4. The molecule has 0 spiro atoms. The Morgan fingerprint density at radius 1 is 1.29 bits per heavy atom. The average Bonchev–Trinajstić information content (AvgIpc) is 3.01. The van der Waals surface area contributed by atoms with E-state index in [0.717, 1.165) is 5.56 Å². The highest BCUT2D eigenvalue weighted by Crippen LogP contribution is 2.26. The van der Waals surface area contributed by atoms with Crippen molar-refractivity contribution in [3.8, 4) is 0 Å². The van der Waals surface area contributed by atoms with Crippen molar-refractivity contribution in [2.24, 2.45) is 11.7 Å². The Bertz CT molecular complexity index is 443. The lowest BCUT2D eigenvalue weighted by molar-refractivity contribution is -0.153. The Kier molecular flexibility index (Phi) is 5.76. The molecule has 0 radical (unpaired) electrons. The molecule has 1 aliphatic rings. The number of ether oxygens (including phenoxy) is 2. The van der Waals surface area contributed by atoms with Crippen LogP contribution in [0.5, 0.6) is 0 Å². The predicted molar refractivity (Wildman–Crippen MR) is 81.7 cm³/mol. The molecule has 0 heterocycles. The van der Waals surface area contributed by atoms with Crippen molar-refractivity contribution in [2.45, 2.75) is 38.1 Å². The summed E-state index contributed by atoms with van der Waals surface area (Å²) in [5.41, 5.74) is 5.84. The SMILES string of the molecule is CCOC(=O)C(N)(COCC1CCCC1)c1ccccc1. The molecule has 21 heavy (non-hydrogen) atoms. The molecular formula is C17H25NO3. The van der Waals surface area contributed by atoms with Crippen molar-refractivity contribution in [2.75, 3.05) is 19.8 Å². The van der Waals surface area contributed by atoms with Crippen molar-refractivity contribution in [3.05, 3.63) is 35.9 Å². The summed E-state index contributed by atoms with van der Waals surface area (Å²) >= 11 is 0. The molecule has 1 unspecified atom stereocenters. The fraction of sp³-hybridized carbons (Fsp3) is 0.588. The highest BCUT2D eigenvalue weighted by molar-refractivity contribution is 5.82. The van der Waals surface area contributed by atoms with E-state index in [-0.39, 0.29) is 6.61 Å². The molecule has 0 amide bonds. The van der Waals surface area contributed by atoms with Crippen LogP contribution in [0.15, 0.2) is 30.3 Å². The minimum Gasteiger partial charge on any atom is -0.464 e. The van der Waals surface area contributed by atoms with Gasteiger partial charge in [0, 0.05) is 6.61 Å². The van der Waals surface area contributed by atoms with E-state index in [1.54, 1.807) is 6.92 Å². The van der Waals surface area contributed by atoms with Gasteiger partial charge in [-0.05, 0) is 31.2 Å². The second-order valence-corrected chi connectivity index (χ2v) is 5.72. The molecule has 1 aromatic carbocycles. The molecule has 0 aliphatic heterocycles. The normalized spacial score (nSPS) is 18.4. The number of hydrogen-bond donors (Lipinski definition) is 1. The zero-order chi connectivity index (χ0) is 15.1. The third kappa shape index (κ3) is 4.05. The first-order valence-electron chi connectivity index (χ1n) is 7.76. The van der Waals surface area contributed by atoms with Crippen LogP contribution in [-0.4, -0.2) is 25.8 Å². The van der Waals surface area contributed by atoms with Gasteiger partial charge in [0.1, 0.15) is 0 Å². The number of carbonyl (C=O) groups is 1. The molecule has 1 fully saturated rings. The largest absolute Gasteiger partial charge is 0.464 e. The summed E-state index contributed by atoms with van der Waals surface area (Å²) in [6, 6.07) is 9.32. The third-order valence-electron chi connectivity index (χ3n) is 4.09. The number of rotatable bonds is 7. The molecule has 4 nitrogen and oxygen atoms in total. The molecule has 2 rings (SSSR count). The van der Waals surface area contributed by atoms with Crippen LogP contribution in [0.1, 0.15) is 38.2 Å². The second kappa shape index (κ2) is 7.57. The van der Waals surface area contributed by atoms with E-state index in [1.807, 2.05) is 30.3 Å². The first-order valence-corrected chi connectivity index (χ1v) is 7.76. The molecule has 1 atom stereocenters. The lowest BCUT2D eigenvalue weighted by Crippen LogP contribution is -2.50. The first-order chi connectivity index (χ1) is 10.2. The Morgan fingerprint density at radius 2 is 1.95 bits per heavy atom.